The minimum Gasteiger partial charge on any atom is -0.476 e. The molecule has 0 spiro atoms. The number of hydrogen-bond acceptors (Lipinski definition) is 5. The van der Waals surface area contributed by atoms with Gasteiger partial charge in [-0.2, -0.15) is 0 Å². The summed E-state index contributed by atoms with van der Waals surface area (Å²) in [4.78, 5) is 26.3. The fourth-order valence-corrected chi connectivity index (χ4v) is 2.21. The van der Waals surface area contributed by atoms with Crippen LogP contribution in [0.3, 0.4) is 0 Å². The zero-order valence-electron chi connectivity index (χ0n) is 10.3. The second kappa shape index (κ2) is 6.46. The van der Waals surface area contributed by atoms with Crippen LogP contribution in [0.1, 0.15) is 48.2 Å². The zero-order chi connectivity index (χ0) is 13.7. The van der Waals surface area contributed by atoms with Crippen LogP contribution in [0.5, 0.6) is 0 Å². The number of carbonyl (C=O) groups excluding carboxylic acids is 1. The molecular weight excluding hydrogens is 254 g/mol. The van der Waals surface area contributed by atoms with Crippen molar-refractivity contribution in [2.45, 2.75) is 38.8 Å². The summed E-state index contributed by atoms with van der Waals surface area (Å²) >= 11 is 1.21. The lowest BCUT2D eigenvalue weighted by molar-refractivity contribution is -0.123. The van der Waals surface area contributed by atoms with Crippen LogP contribution in [0.15, 0.2) is 5.38 Å². The first-order valence-corrected chi connectivity index (χ1v) is 6.58. The highest BCUT2D eigenvalue weighted by Crippen LogP contribution is 2.18. The minimum atomic E-state index is -1.07. The summed E-state index contributed by atoms with van der Waals surface area (Å²) in [5, 5.41) is 13.5. The Morgan fingerprint density at radius 1 is 1.61 bits per heavy atom. The molecule has 0 fully saturated rings. The molecule has 2 atom stereocenters. The molecule has 0 aliphatic rings. The molecular formula is C11H17N3O3S. The Labute approximate surface area is 109 Å². The van der Waals surface area contributed by atoms with E-state index in [4.69, 9.17) is 10.8 Å². The summed E-state index contributed by atoms with van der Waals surface area (Å²) in [6, 6.07) is -0.866. The van der Waals surface area contributed by atoms with Crippen LogP contribution in [0, 0.1) is 0 Å². The van der Waals surface area contributed by atoms with Crippen molar-refractivity contribution in [3.63, 3.8) is 0 Å². The Hall–Kier alpha value is -1.47. The van der Waals surface area contributed by atoms with Crippen molar-refractivity contribution in [3.05, 3.63) is 16.1 Å². The highest BCUT2D eigenvalue weighted by atomic mass is 32.1. The maximum absolute atomic E-state index is 11.7. The van der Waals surface area contributed by atoms with Gasteiger partial charge in [0.2, 0.25) is 5.91 Å². The van der Waals surface area contributed by atoms with Gasteiger partial charge in [-0.05, 0) is 13.3 Å². The van der Waals surface area contributed by atoms with Gasteiger partial charge in [0.05, 0.1) is 12.1 Å². The first kappa shape index (κ1) is 14.6. The monoisotopic (exact) mass is 271 g/mol. The molecule has 0 aliphatic carbocycles. The van der Waals surface area contributed by atoms with E-state index in [1.54, 1.807) is 6.92 Å². The van der Waals surface area contributed by atoms with Crippen molar-refractivity contribution in [2.75, 3.05) is 0 Å². The van der Waals surface area contributed by atoms with Crippen molar-refractivity contribution in [1.82, 2.24) is 10.3 Å². The molecule has 0 saturated carbocycles. The normalized spacial score (nSPS) is 13.9. The van der Waals surface area contributed by atoms with Gasteiger partial charge in [-0.3, -0.25) is 4.79 Å². The Balaban J connectivity index is 2.61. The Kier molecular flexibility index (Phi) is 5.24. The summed E-state index contributed by atoms with van der Waals surface area (Å²) in [6.07, 6.45) is 1.46. The summed E-state index contributed by atoms with van der Waals surface area (Å²) in [5.74, 6) is -1.31. The van der Waals surface area contributed by atoms with Gasteiger partial charge >= 0.3 is 5.97 Å². The molecule has 0 aromatic carbocycles. The maximum Gasteiger partial charge on any atom is 0.355 e. The predicted octanol–water partition coefficient (Wildman–Crippen LogP) is 1.15. The summed E-state index contributed by atoms with van der Waals surface area (Å²) < 4.78 is 0. The molecule has 1 aromatic rings. The summed E-state index contributed by atoms with van der Waals surface area (Å²) in [6.45, 7) is 3.71. The molecule has 100 valence electrons. The van der Waals surface area contributed by atoms with Gasteiger partial charge in [0, 0.05) is 5.38 Å². The SMILES string of the molecule is CCCC(N)C(=O)NC(C)c1nc(C(=O)O)cs1. The van der Waals surface area contributed by atoms with Gasteiger partial charge in [-0.15, -0.1) is 11.3 Å². The van der Waals surface area contributed by atoms with Gasteiger partial charge in [-0.25, -0.2) is 9.78 Å². The molecule has 4 N–H and O–H groups in total. The van der Waals surface area contributed by atoms with E-state index in [0.29, 0.717) is 11.4 Å². The highest BCUT2D eigenvalue weighted by molar-refractivity contribution is 7.09. The van der Waals surface area contributed by atoms with Crippen LogP contribution in [0.4, 0.5) is 0 Å². The van der Waals surface area contributed by atoms with E-state index in [2.05, 4.69) is 10.3 Å². The topological polar surface area (TPSA) is 105 Å². The fraction of sp³-hybridized carbons (Fsp3) is 0.545. The smallest absolute Gasteiger partial charge is 0.355 e. The number of aromatic nitrogens is 1. The molecule has 1 amide bonds. The number of carbonyl (C=O) groups is 2. The number of carboxylic acids is 1. The first-order valence-electron chi connectivity index (χ1n) is 5.70. The second-order valence-electron chi connectivity index (χ2n) is 4.00. The summed E-state index contributed by atoms with van der Waals surface area (Å²) in [5.41, 5.74) is 5.68. The number of carboxylic acid groups (broad SMARTS) is 1. The largest absolute Gasteiger partial charge is 0.476 e. The van der Waals surface area contributed by atoms with Gasteiger partial charge in [0.25, 0.3) is 0 Å². The molecule has 6 nitrogen and oxygen atoms in total. The van der Waals surface area contributed by atoms with E-state index in [0.717, 1.165) is 6.42 Å². The molecule has 0 bridgehead atoms. The second-order valence-corrected chi connectivity index (χ2v) is 4.89. The molecule has 1 rings (SSSR count). The van der Waals surface area contributed by atoms with Crippen LogP contribution >= 0.6 is 11.3 Å². The maximum atomic E-state index is 11.7. The third-order valence-corrected chi connectivity index (χ3v) is 3.43. The molecule has 0 aliphatic heterocycles. The van der Waals surface area contributed by atoms with E-state index in [1.165, 1.54) is 16.7 Å². The van der Waals surface area contributed by atoms with Crippen LogP contribution in [-0.2, 0) is 4.79 Å². The van der Waals surface area contributed by atoms with Crippen molar-refractivity contribution in [3.8, 4) is 0 Å². The molecule has 7 heteroatoms. The average Bonchev–Trinajstić information content (AvgIpc) is 2.78. The third-order valence-electron chi connectivity index (χ3n) is 2.41. The first-order chi connectivity index (χ1) is 8.45. The van der Waals surface area contributed by atoms with Gasteiger partial charge in [-0.1, -0.05) is 13.3 Å². The van der Waals surface area contributed by atoms with Gasteiger partial charge in [0.1, 0.15) is 5.01 Å². The van der Waals surface area contributed by atoms with Gasteiger partial charge in [0.15, 0.2) is 5.69 Å². The minimum absolute atomic E-state index is 0.00560. The lowest BCUT2D eigenvalue weighted by Gasteiger charge is -2.15. The Bertz CT molecular complexity index is 433. The fourth-order valence-electron chi connectivity index (χ4n) is 1.41. The number of nitrogens with one attached hydrogen (secondary N) is 1. The number of hydrogen-bond donors (Lipinski definition) is 3. The van der Waals surface area contributed by atoms with Crippen molar-refractivity contribution in [2.24, 2.45) is 5.73 Å². The molecule has 2 unspecified atom stereocenters. The van der Waals surface area contributed by atoms with Crippen LogP contribution in [-0.4, -0.2) is 28.0 Å². The van der Waals surface area contributed by atoms with Gasteiger partial charge < -0.3 is 16.2 Å². The number of aromatic carboxylic acids is 1. The standard InChI is InChI=1S/C11H17N3O3S/c1-3-4-7(12)9(15)13-6(2)10-14-8(5-18-10)11(16)17/h5-7H,3-4,12H2,1-2H3,(H,13,15)(H,16,17). The number of amides is 1. The van der Waals surface area contributed by atoms with Crippen molar-refractivity contribution in [1.29, 1.82) is 0 Å². The summed E-state index contributed by atoms with van der Waals surface area (Å²) in [7, 11) is 0. The molecule has 1 aromatic heterocycles. The number of thiazole rings is 1. The highest BCUT2D eigenvalue weighted by Gasteiger charge is 2.19. The average molecular weight is 271 g/mol. The van der Waals surface area contributed by atoms with E-state index < -0.39 is 12.0 Å². The predicted molar refractivity (Wildman–Crippen MR) is 68.5 cm³/mol. The molecule has 0 radical (unpaired) electrons. The number of nitrogens with zero attached hydrogens (tertiary/aromatic N) is 1. The molecule has 1 heterocycles. The lowest BCUT2D eigenvalue weighted by atomic mass is 10.1. The van der Waals surface area contributed by atoms with Crippen LogP contribution in [0.25, 0.3) is 0 Å². The van der Waals surface area contributed by atoms with E-state index in [-0.39, 0.29) is 17.6 Å². The molecule has 0 saturated heterocycles. The Morgan fingerprint density at radius 3 is 2.78 bits per heavy atom. The van der Waals surface area contributed by atoms with Crippen LogP contribution < -0.4 is 11.1 Å². The quantitative estimate of drug-likeness (QED) is 0.719. The van der Waals surface area contributed by atoms with Crippen molar-refractivity contribution >= 4 is 23.2 Å². The van der Waals surface area contributed by atoms with E-state index >= 15 is 0 Å². The van der Waals surface area contributed by atoms with Crippen molar-refractivity contribution < 1.29 is 14.7 Å². The van der Waals surface area contributed by atoms with E-state index in [9.17, 15) is 9.59 Å². The lowest BCUT2D eigenvalue weighted by Crippen LogP contribution is -2.41. The third kappa shape index (κ3) is 3.78. The van der Waals surface area contributed by atoms with Crippen LogP contribution in [0.2, 0.25) is 0 Å². The number of nitrogens with two attached hydrogens (primary N) is 1. The van der Waals surface area contributed by atoms with E-state index in [1.807, 2.05) is 6.92 Å². The zero-order valence-corrected chi connectivity index (χ0v) is 11.2. The molecule has 18 heavy (non-hydrogen) atoms. The number of rotatable bonds is 6. The Morgan fingerprint density at radius 2 is 2.28 bits per heavy atom.